The number of aromatic nitrogens is 2. The van der Waals surface area contributed by atoms with Gasteiger partial charge in [0.25, 0.3) is 11.5 Å². The summed E-state index contributed by atoms with van der Waals surface area (Å²) in [4.78, 5) is 40.7. The number of para-hydroxylation sites is 2. The van der Waals surface area contributed by atoms with Crippen LogP contribution in [0.1, 0.15) is 5.56 Å². The molecule has 0 saturated heterocycles. The Bertz CT molecular complexity index is 1390. The SMILES string of the molecule is O=C(COC(=O)Cn1cnc2c(oc3ccccc32)c1=O)Nc1ccccc1C(F)(F)F. The first-order chi connectivity index (χ1) is 15.2. The first-order valence-electron chi connectivity index (χ1n) is 9.22. The molecule has 4 rings (SSSR count). The molecule has 0 fully saturated rings. The quantitative estimate of drug-likeness (QED) is 0.473. The number of fused-ring (bicyclic) bond motifs is 3. The van der Waals surface area contributed by atoms with Gasteiger partial charge in [0.1, 0.15) is 17.6 Å². The highest BCUT2D eigenvalue weighted by atomic mass is 19.4. The lowest BCUT2D eigenvalue weighted by Gasteiger charge is -2.13. The number of furan rings is 1. The van der Waals surface area contributed by atoms with Crippen LogP contribution in [0.25, 0.3) is 22.1 Å². The number of esters is 1. The van der Waals surface area contributed by atoms with Crippen LogP contribution in [0.3, 0.4) is 0 Å². The second-order valence-corrected chi connectivity index (χ2v) is 6.71. The predicted molar refractivity (Wildman–Crippen MR) is 107 cm³/mol. The van der Waals surface area contributed by atoms with Gasteiger partial charge >= 0.3 is 12.1 Å². The van der Waals surface area contributed by atoms with Crippen LogP contribution in [-0.4, -0.2) is 28.0 Å². The van der Waals surface area contributed by atoms with Gasteiger partial charge in [-0.25, -0.2) is 4.98 Å². The molecular formula is C21H14F3N3O5. The fraction of sp³-hybridized carbons (Fsp3) is 0.143. The van der Waals surface area contributed by atoms with E-state index in [9.17, 15) is 27.6 Å². The smallest absolute Gasteiger partial charge is 0.418 e. The van der Waals surface area contributed by atoms with E-state index in [4.69, 9.17) is 9.15 Å². The standard InChI is InChI=1S/C21H14F3N3O5/c22-21(23,24)13-6-2-3-7-14(13)26-16(28)10-31-17(29)9-27-11-25-18-12-5-1-4-8-15(12)32-19(18)20(27)30/h1-8,11H,9-10H2,(H,26,28). The van der Waals surface area contributed by atoms with E-state index < -0.39 is 48.0 Å². The number of ether oxygens (including phenoxy) is 1. The van der Waals surface area contributed by atoms with E-state index in [-0.39, 0.29) is 5.58 Å². The lowest BCUT2D eigenvalue weighted by molar-refractivity contribution is -0.148. The topological polar surface area (TPSA) is 103 Å². The number of benzene rings is 2. The van der Waals surface area contributed by atoms with E-state index in [2.05, 4.69) is 10.3 Å². The molecule has 1 amide bonds. The van der Waals surface area contributed by atoms with Gasteiger partial charge in [-0.15, -0.1) is 0 Å². The summed E-state index contributed by atoms with van der Waals surface area (Å²) in [5.74, 6) is -1.92. The zero-order chi connectivity index (χ0) is 22.9. The fourth-order valence-corrected chi connectivity index (χ4v) is 3.08. The third-order valence-corrected chi connectivity index (χ3v) is 4.52. The van der Waals surface area contributed by atoms with Crippen LogP contribution < -0.4 is 10.9 Å². The summed E-state index contributed by atoms with van der Waals surface area (Å²) in [5, 5.41) is 2.70. The van der Waals surface area contributed by atoms with Gasteiger partial charge in [0.2, 0.25) is 5.58 Å². The fourth-order valence-electron chi connectivity index (χ4n) is 3.08. The van der Waals surface area contributed by atoms with E-state index >= 15 is 0 Å². The van der Waals surface area contributed by atoms with Crippen molar-refractivity contribution < 1.29 is 31.9 Å². The van der Waals surface area contributed by atoms with Gasteiger partial charge < -0.3 is 14.5 Å². The predicted octanol–water partition coefficient (Wildman–Crippen LogP) is 3.34. The molecule has 0 unspecified atom stereocenters. The van der Waals surface area contributed by atoms with Crippen molar-refractivity contribution in [3.63, 3.8) is 0 Å². The van der Waals surface area contributed by atoms with Gasteiger partial charge in [-0.3, -0.25) is 19.0 Å². The molecule has 0 aliphatic rings. The third kappa shape index (κ3) is 4.17. The van der Waals surface area contributed by atoms with E-state index in [1.807, 2.05) is 0 Å². The molecule has 0 bridgehead atoms. The van der Waals surface area contributed by atoms with Crippen molar-refractivity contribution in [2.75, 3.05) is 11.9 Å². The molecule has 1 N–H and O–H groups in total. The normalized spacial score (nSPS) is 11.6. The van der Waals surface area contributed by atoms with Crippen molar-refractivity contribution in [1.82, 2.24) is 9.55 Å². The molecule has 11 heteroatoms. The first-order valence-corrected chi connectivity index (χ1v) is 9.22. The minimum Gasteiger partial charge on any atom is -0.454 e. The molecule has 0 atom stereocenters. The van der Waals surface area contributed by atoms with Crippen molar-refractivity contribution in [2.24, 2.45) is 0 Å². The Morgan fingerprint density at radius 1 is 1.09 bits per heavy atom. The minimum atomic E-state index is -4.66. The van der Waals surface area contributed by atoms with E-state index in [0.717, 1.165) is 23.0 Å². The summed E-state index contributed by atoms with van der Waals surface area (Å²) in [7, 11) is 0. The zero-order valence-electron chi connectivity index (χ0n) is 16.2. The highest BCUT2D eigenvalue weighted by molar-refractivity contribution is 6.01. The number of alkyl halides is 3. The largest absolute Gasteiger partial charge is 0.454 e. The van der Waals surface area contributed by atoms with Crippen LogP contribution in [0.15, 0.2) is 64.1 Å². The Balaban J connectivity index is 1.42. The van der Waals surface area contributed by atoms with Crippen molar-refractivity contribution >= 4 is 39.6 Å². The number of anilines is 1. The lowest BCUT2D eigenvalue weighted by Crippen LogP contribution is -2.28. The maximum absolute atomic E-state index is 13.0. The molecule has 0 radical (unpaired) electrons. The molecular weight excluding hydrogens is 431 g/mol. The molecule has 8 nitrogen and oxygen atoms in total. The number of halogens is 3. The van der Waals surface area contributed by atoms with Crippen LogP contribution in [0, 0.1) is 0 Å². The summed E-state index contributed by atoms with van der Waals surface area (Å²) in [5.41, 5.74) is -1.34. The van der Waals surface area contributed by atoms with E-state index in [0.29, 0.717) is 16.5 Å². The van der Waals surface area contributed by atoms with Gasteiger partial charge in [0.15, 0.2) is 6.61 Å². The number of nitrogens with zero attached hydrogens (tertiary/aromatic N) is 2. The average molecular weight is 445 g/mol. The third-order valence-electron chi connectivity index (χ3n) is 4.52. The van der Waals surface area contributed by atoms with E-state index in [1.54, 1.807) is 24.3 Å². The van der Waals surface area contributed by atoms with E-state index in [1.165, 1.54) is 12.1 Å². The highest BCUT2D eigenvalue weighted by Gasteiger charge is 2.33. The van der Waals surface area contributed by atoms with Gasteiger partial charge in [-0.1, -0.05) is 24.3 Å². The molecule has 2 aromatic heterocycles. The Hall–Kier alpha value is -4.15. The summed E-state index contributed by atoms with van der Waals surface area (Å²) in [6, 6.07) is 11.3. The van der Waals surface area contributed by atoms with Crippen LogP contribution in [0.4, 0.5) is 18.9 Å². The lowest BCUT2D eigenvalue weighted by atomic mass is 10.1. The highest BCUT2D eigenvalue weighted by Crippen LogP contribution is 2.34. The Morgan fingerprint density at radius 2 is 1.81 bits per heavy atom. The van der Waals surface area contributed by atoms with Crippen LogP contribution >= 0.6 is 0 Å². The van der Waals surface area contributed by atoms with Crippen molar-refractivity contribution in [3.05, 3.63) is 70.8 Å². The molecule has 0 aliphatic carbocycles. The number of nitrogens with one attached hydrogen (secondary N) is 1. The number of hydrogen-bond donors (Lipinski definition) is 1. The molecule has 32 heavy (non-hydrogen) atoms. The monoisotopic (exact) mass is 445 g/mol. The molecule has 0 saturated carbocycles. The average Bonchev–Trinajstić information content (AvgIpc) is 3.13. The number of carbonyl (C=O) groups is 2. The van der Waals surface area contributed by atoms with Gasteiger partial charge in [0, 0.05) is 5.39 Å². The van der Waals surface area contributed by atoms with Crippen molar-refractivity contribution in [2.45, 2.75) is 12.7 Å². The summed E-state index contributed by atoms with van der Waals surface area (Å²) < 4.78 is 50.2. The number of rotatable bonds is 5. The zero-order valence-corrected chi connectivity index (χ0v) is 16.2. The second-order valence-electron chi connectivity index (χ2n) is 6.71. The summed E-state index contributed by atoms with van der Waals surface area (Å²) in [6.07, 6.45) is -3.52. The van der Waals surface area contributed by atoms with Crippen LogP contribution in [-0.2, 0) is 27.0 Å². The Kier molecular flexibility index (Phi) is 5.39. The number of carbonyl (C=O) groups excluding carboxylic acids is 2. The summed E-state index contributed by atoms with van der Waals surface area (Å²) >= 11 is 0. The van der Waals surface area contributed by atoms with Gasteiger partial charge in [0.05, 0.1) is 17.6 Å². The molecule has 0 spiro atoms. The second kappa shape index (κ2) is 8.17. The van der Waals surface area contributed by atoms with Gasteiger partial charge in [-0.05, 0) is 24.3 Å². The van der Waals surface area contributed by atoms with Crippen molar-refractivity contribution in [1.29, 1.82) is 0 Å². The first kappa shape index (κ1) is 21.1. The molecule has 164 valence electrons. The van der Waals surface area contributed by atoms with Crippen LogP contribution in [0.2, 0.25) is 0 Å². The molecule has 2 heterocycles. The molecule has 0 aliphatic heterocycles. The van der Waals surface area contributed by atoms with Gasteiger partial charge in [-0.2, -0.15) is 13.2 Å². The maximum Gasteiger partial charge on any atom is 0.418 e. The van der Waals surface area contributed by atoms with Crippen molar-refractivity contribution in [3.8, 4) is 0 Å². The Labute approximate surface area is 177 Å². The minimum absolute atomic E-state index is 0.0389. The molecule has 2 aromatic carbocycles. The maximum atomic E-state index is 13.0. The Morgan fingerprint density at radius 3 is 2.59 bits per heavy atom. The summed E-state index contributed by atoms with van der Waals surface area (Å²) in [6.45, 7) is -1.40. The number of amides is 1. The molecule has 4 aromatic rings. The number of hydrogen-bond acceptors (Lipinski definition) is 6. The van der Waals surface area contributed by atoms with Crippen LogP contribution in [0.5, 0.6) is 0 Å².